The van der Waals surface area contributed by atoms with Crippen molar-refractivity contribution in [1.82, 2.24) is 4.72 Å². The van der Waals surface area contributed by atoms with Gasteiger partial charge in [0.2, 0.25) is 10.0 Å². The lowest BCUT2D eigenvalue weighted by molar-refractivity contribution is 0.572. The Balaban J connectivity index is 2.00. The molecule has 1 saturated carbocycles. The van der Waals surface area contributed by atoms with E-state index < -0.39 is 10.0 Å². The van der Waals surface area contributed by atoms with E-state index in [1.54, 1.807) is 25.1 Å². The molecule has 0 atom stereocenters. The first-order chi connectivity index (χ1) is 8.50. The summed E-state index contributed by atoms with van der Waals surface area (Å²) >= 11 is 0. The lowest BCUT2D eigenvalue weighted by Crippen LogP contribution is -2.26. The van der Waals surface area contributed by atoms with Gasteiger partial charge < -0.3 is 5.73 Å². The Morgan fingerprint density at radius 3 is 2.72 bits per heavy atom. The van der Waals surface area contributed by atoms with Crippen molar-refractivity contribution in [2.75, 3.05) is 12.3 Å². The van der Waals surface area contributed by atoms with Crippen LogP contribution in [0.25, 0.3) is 0 Å². The molecule has 0 amide bonds. The van der Waals surface area contributed by atoms with E-state index in [0.29, 0.717) is 17.8 Å². The van der Waals surface area contributed by atoms with E-state index in [4.69, 9.17) is 5.73 Å². The smallest absolute Gasteiger partial charge is 0.242 e. The van der Waals surface area contributed by atoms with Gasteiger partial charge in [-0.05, 0) is 37.3 Å². The third kappa shape index (κ3) is 3.23. The maximum absolute atomic E-state index is 12.1. The third-order valence-electron chi connectivity index (χ3n) is 3.29. The van der Waals surface area contributed by atoms with Crippen molar-refractivity contribution in [3.05, 3.63) is 23.8 Å². The van der Waals surface area contributed by atoms with Crippen LogP contribution >= 0.6 is 0 Å². The number of hydrogen-bond acceptors (Lipinski definition) is 3. The van der Waals surface area contributed by atoms with Crippen molar-refractivity contribution in [1.29, 1.82) is 0 Å². The maximum Gasteiger partial charge on any atom is 0.242 e. The SMILES string of the molecule is Cc1cccc(N)c1S(=O)(=O)NCCCC1CC1. The highest BCUT2D eigenvalue weighted by Gasteiger charge is 2.22. The summed E-state index contributed by atoms with van der Waals surface area (Å²) in [5, 5.41) is 0. The van der Waals surface area contributed by atoms with E-state index in [-0.39, 0.29) is 4.90 Å². The van der Waals surface area contributed by atoms with Crippen LogP contribution in [0.3, 0.4) is 0 Å². The molecule has 3 N–H and O–H groups in total. The summed E-state index contributed by atoms with van der Waals surface area (Å²) in [7, 11) is -3.47. The van der Waals surface area contributed by atoms with Crippen LogP contribution in [0.5, 0.6) is 0 Å². The van der Waals surface area contributed by atoms with Crippen LogP contribution in [-0.2, 0) is 10.0 Å². The quantitative estimate of drug-likeness (QED) is 0.612. The molecular formula is C13H20N2O2S. The zero-order valence-electron chi connectivity index (χ0n) is 10.6. The highest BCUT2D eigenvalue weighted by molar-refractivity contribution is 7.89. The second-order valence-corrected chi connectivity index (χ2v) is 6.68. The Morgan fingerprint density at radius 1 is 1.39 bits per heavy atom. The zero-order chi connectivity index (χ0) is 13.2. The van der Waals surface area contributed by atoms with E-state index in [9.17, 15) is 8.42 Å². The predicted molar refractivity (Wildman–Crippen MR) is 72.7 cm³/mol. The number of benzene rings is 1. The average Bonchev–Trinajstić information content (AvgIpc) is 3.07. The van der Waals surface area contributed by atoms with Gasteiger partial charge in [0, 0.05) is 6.54 Å². The molecular weight excluding hydrogens is 248 g/mol. The van der Waals surface area contributed by atoms with Gasteiger partial charge in [-0.25, -0.2) is 13.1 Å². The van der Waals surface area contributed by atoms with Gasteiger partial charge in [-0.3, -0.25) is 0 Å². The fourth-order valence-electron chi connectivity index (χ4n) is 2.12. The van der Waals surface area contributed by atoms with Gasteiger partial charge in [0.25, 0.3) is 0 Å². The third-order valence-corrected chi connectivity index (χ3v) is 4.97. The zero-order valence-corrected chi connectivity index (χ0v) is 11.5. The fourth-order valence-corrected chi connectivity index (χ4v) is 3.55. The molecule has 0 heterocycles. The number of aryl methyl sites for hydroxylation is 1. The molecule has 1 aliphatic rings. The minimum Gasteiger partial charge on any atom is -0.398 e. The van der Waals surface area contributed by atoms with Crippen LogP contribution in [0.1, 0.15) is 31.2 Å². The molecule has 0 unspecified atom stereocenters. The fraction of sp³-hybridized carbons (Fsp3) is 0.538. The second kappa shape index (κ2) is 5.28. The van der Waals surface area contributed by atoms with Gasteiger partial charge in [-0.1, -0.05) is 25.0 Å². The molecule has 0 saturated heterocycles. The van der Waals surface area contributed by atoms with Gasteiger partial charge in [-0.2, -0.15) is 0 Å². The van der Waals surface area contributed by atoms with Crippen molar-refractivity contribution >= 4 is 15.7 Å². The van der Waals surface area contributed by atoms with Gasteiger partial charge in [-0.15, -0.1) is 0 Å². The van der Waals surface area contributed by atoms with Crippen molar-refractivity contribution in [3.63, 3.8) is 0 Å². The molecule has 0 aromatic heterocycles. The first kappa shape index (κ1) is 13.4. The van der Waals surface area contributed by atoms with Crippen molar-refractivity contribution in [3.8, 4) is 0 Å². The average molecular weight is 268 g/mol. The Kier molecular flexibility index (Phi) is 3.92. The molecule has 1 aliphatic carbocycles. The van der Waals surface area contributed by atoms with Crippen molar-refractivity contribution < 1.29 is 8.42 Å². The summed E-state index contributed by atoms with van der Waals surface area (Å²) in [5.41, 5.74) is 6.75. The number of nitrogen functional groups attached to an aromatic ring is 1. The van der Waals surface area contributed by atoms with Crippen LogP contribution in [0.2, 0.25) is 0 Å². The number of anilines is 1. The van der Waals surface area contributed by atoms with E-state index >= 15 is 0 Å². The van der Waals surface area contributed by atoms with Crippen molar-refractivity contribution in [2.24, 2.45) is 5.92 Å². The summed E-state index contributed by atoms with van der Waals surface area (Å²) in [6.07, 6.45) is 4.62. The van der Waals surface area contributed by atoms with Crippen molar-refractivity contribution in [2.45, 2.75) is 37.5 Å². The normalized spacial score (nSPS) is 15.8. The molecule has 0 radical (unpaired) electrons. The summed E-state index contributed by atoms with van der Waals surface area (Å²) in [4.78, 5) is 0.219. The molecule has 0 aliphatic heterocycles. The summed E-state index contributed by atoms with van der Waals surface area (Å²) < 4.78 is 26.9. The largest absolute Gasteiger partial charge is 0.398 e. The molecule has 0 bridgehead atoms. The van der Waals surface area contributed by atoms with E-state index in [2.05, 4.69) is 4.72 Å². The summed E-state index contributed by atoms with van der Waals surface area (Å²) in [6, 6.07) is 5.14. The van der Waals surface area contributed by atoms with Gasteiger partial charge >= 0.3 is 0 Å². The van der Waals surface area contributed by atoms with E-state index in [1.807, 2.05) is 0 Å². The maximum atomic E-state index is 12.1. The minimum absolute atomic E-state index is 0.219. The number of nitrogens with two attached hydrogens (primary N) is 1. The van der Waals surface area contributed by atoms with Crippen LogP contribution in [-0.4, -0.2) is 15.0 Å². The minimum atomic E-state index is -3.47. The van der Waals surface area contributed by atoms with Crippen LogP contribution in [0, 0.1) is 12.8 Å². The second-order valence-electron chi connectivity index (χ2n) is 4.98. The standard InChI is InChI=1S/C13H20N2O2S/c1-10-4-2-6-12(14)13(10)18(16,17)15-9-3-5-11-7-8-11/h2,4,6,11,15H,3,5,7-9,14H2,1H3. The Bertz CT molecular complexity index is 502. The lowest BCUT2D eigenvalue weighted by atomic mass is 10.2. The highest BCUT2D eigenvalue weighted by Crippen LogP contribution is 2.33. The van der Waals surface area contributed by atoms with Gasteiger partial charge in [0.15, 0.2) is 0 Å². The highest BCUT2D eigenvalue weighted by atomic mass is 32.2. The number of hydrogen-bond donors (Lipinski definition) is 2. The van der Waals surface area contributed by atoms with Crippen LogP contribution in [0.15, 0.2) is 23.1 Å². The molecule has 1 aromatic carbocycles. The Hall–Kier alpha value is -1.07. The first-order valence-corrected chi connectivity index (χ1v) is 7.84. The molecule has 4 nitrogen and oxygen atoms in total. The number of nitrogens with one attached hydrogen (secondary N) is 1. The lowest BCUT2D eigenvalue weighted by Gasteiger charge is -2.11. The van der Waals surface area contributed by atoms with Gasteiger partial charge in [0.1, 0.15) is 4.90 Å². The molecule has 0 spiro atoms. The number of sulfonamides is 1. The first-order valence-electron chi connectivity index (χ1n) is 6.35. The molecule has 5 heteroatoms. The van der Waals surface area contributed by atoms with E-state index in [1.165, 1.54) is 12.8 Å². The Morgan fingerprint density at radius 2 is 2.11 bits per heavy atom. The molecule has 100 valence electrons. The van der Waals surface area contributed by atoms with Crippen LogP contribution in [0.4, 0.5) is 5.69 Å². The topological polar surface area (TPSA) is 72.2 Å². The number of rotatable bonds is 6. The molecule has 18 heavy (non-hydrogen) atoms. The molecule has 2 rings (SSSR count). The summed E-state index contributed by atoms with van der Waals surface area (Å²) in [6.45, 7) is 2.25. The predicted octanol–water partition coefficient (Wildman–Crippen LogP) is 2.05. The molecule has 1 fully saturated rings. The van der Waals surface area contributed by atoms with E-state index in [0.717, 1.165) is 18.8 Å². The monoisotopic (exact) mass is 268 g/mol. The molecule has 1 aromatic rings. The van der Waals surface area contributed by atoms with Gasteiger partial charge in [0.05, 0.1) is 5.69 Å². The Labute approximate surface area is 109 Å². The summed E-state index contributed by atoms with van der Waals surface area (Å²) in [5.74, 6) is 0.832. The van der Waals surface area contributed by atoms with Crippen LogP contribution < -0.4 is 10.5 Å².